The minimum Gasteiger partial charge on any atom is -0.464 e. The van der Waals surface area contributed by atoms with E-state index in [1.165, 1.54) is 5.56 Å². The van der Waals surface area contributed by atoms with Gasteiger partial charge in [-0.25, -0.2) is 0 Å². The van der Waals surface area contributed by atoms with Crippen LogP contribution in [0.3, 0.4) is 0 Å². The highest BCUT2D eigenvalue weighted by Gasteiger charge is 2.13. The van der Waals surface area contributed by atoms with Crippen LogP contribution in [0.5, 0.6) is 0 Å². The van der Waals surface area contributed by atoms with Gasteiger partial charge in [-0.1, -0.05) is 5.16 Å². The maximum Gasteiger partial charge on any atom is 0.310 e. The normalized spacial score (nSPS) is 11.0. The van der Waals surface area contributed by atoms with Gasteiger partial charge in [0.25, 0.3) is 0 Å². The Morgan fingerprint density at radius 2 is 1.95 bits per heavy atom. The quantitative estimate of drug-likeness (QED) is 0.688. The molecule has 0 aliphatic carbocycles. The van der Waals surface area contributed by atoms with E-state index >= 15 is 0 Å². The third-order valence-electron chi connectivity index (χ3n) is 3.66. The highest BCUT2D eigenvalue weighted by Crippen LogP contribution is 2.25. The summed E-state index contributed by atoms with van der Waals surface area (Å²) in [6.45, 7) is 5.98. The van der Waals surface area contributed by atoms with Crippen molar-refractivity contribution in [1.82, 2.24) is 5.16 Å². The molecule has 5 heteroatoms. The molecule has 1 aromatic carbocycles. The lowest BCUT2D eigenvalue weighted by Gasteiger charge is -2.03. The Hall–Kier alpha value is -2.56. The fourth-order valence-electron chi connectivity index (χ4n) is 2.32. The average Bonchev–Trinajstić information content (AvgIpc) is 3.05. The molecule has 0 atom stereocenters. The van der Waals surface area contributed by atoms with Crippen LogP contribution in [0.4, 0.5) is 0 Å². The predicted octanol–water partition coefficient (Wildman–Crippen LogP) is 3.63. The lowest BCUT2D eigenvalue weighted by molar-refractivity contribution is -0.144. The summed E-state index contributed by atoms with van der Waals surface area (Å²) < 4.78 is 15.7. The van der Waals surface area contributed by atoms with E-state index in [4.69, 9.17) is 13.7 Å². The second-order valence-corrected chi connectivity index (χ2v) is 5.46. The Kier molecular flexibility index (Phi) is 3.71. The van der Waals surface area contributed by atoms with Crippen molar-refractivity contribution in [3.8, 4) is 0 Å². The van der Waals surface area contributed by atoms with Crippen LogP contribution in [0.25, 0.3) is 11.0 Å². The smallest absolute Gasteiger partial charge is 0.310 e. The Morgan fingerprint density at radius 3 is 2.68 bits per heavy atom. The SMILES string of the molecule is Cc1cc(COC(=O)Cc2coc3cc(C)c(C)cc23)no1. The maximum absolute atomic E-state index is 12.0. The van der Waals surface area contributed by atoms with Gasteiger partial charge in [-0.15, -0.1) is 0 Å². The second kappa shape index (κ2) is 5.67. The Morgan fingerprint density at radius 1 is 1.18 bits per heavy atom. The number of carbonyl (C=O) groups excluding carboxylic acids is 1. The third-order valence-corrected chi connectivity index (χ3v) is 3.66. The van der Waals surface area contributed by atoms with E-state index in [0.29, 0.717) is 11.5 Å². The monoisotopic (exact) mass is 299 g/mol. The largest absolute Gasteiger partial charge is 0.464 e. The second-order valence-electron chi connectivity index (χ2n) is 5.46. The van der Waals surface area contributed by atoms with Crippen LogP contribution in [-0.2, 0) is 22.6 Å². The number of benzene rings is 1. The van der Waals surface area contributed by atoms with Gasteiger partial charge in [-0.05, 0) is 44.0 Å². The first-order valence-electron chi connectivity index (χ1n) is 7.08. The Labute approximate surface area is 127 Å². The molecule has 114 valence electrons. The van der Waals surface area contributed by atoms with Crippen LogP contribution in [0.1, 0.15) is 28.1 Å². The molecule has 0 aliphatic heterocycles. The van der Waals surface area contributed by atoms with Crippen molar-refractivity contribution in [2.24, 2.45) is 0 Å². The number of esters is 1. The highest BCUT2D eigenvalue weighted by atomic mass is 16.5. The molecular formula is C17H17NO4. The summed E-state index contributed by atoms with van der Waals surface area (Å²) in [7, 11) is 0. The van der Waals surface area contributed by atoms with Gasteiger partial charge in [0.15, 0.2) is 0 Å². The number of aromatic nitrogens is 1. The van der Waals surface area contributed by atoms with E-state index in [0.717, 1.165) is 22.1 Å². The van der Waals surface area contributed by atoms with Crippen LogP contribution in [0, 0.1) is 20.8 Å². The summed E-state index contributed by atoms with van der Waals surface area (Å²) >= 11 is 0. The molecule has 3 aromatic rings. The number of hydrogen-bond acceptors (Lipinski definition) is 5. The molecule has 0 aliphatic rings. The summed E-state index contributed by atoms with van der Waals surface area (Å²) in [5.41, 5.74) is 4.56. The molecule has 0 amide bonds. The van der Waals surface area contributed by atoms with Gasteiger partial charge >= 0.3 is 5.97 Å². The van der Waals surface area contributed by atoms with Gasteiger partial charge in [0.05, 0.1) is 12.7 Å². The molecule has 2 aromatic heterocycles. The van der Waals surface area contributed by atoms with E-state index in [9.17, 15) is 4.79 Å². The van der Waals surface area contributed by atoms with Crippen molar-refractivity contribution < 1.29 is 18.5 Å². The number of furan rings is 1. The third kappa shape index (κ3) is 2.88. The fourth-order valence-corrected chi connectivity index (χ4v) is 2.32. The van der Waals surface area contributed by atoms with E-state index in [-0.39, 0.29) is 19.0 Å². The molecule has 0 saturated carbocycles. The highest BCUT2D eigenvalue weighted by molar-refractivity contribution is 5.86. The molecule has 0 fully saturated rings. The van der Waals surface area contributed by atoms with Gasteiger partial charge in [0.2, 0.25) is 0 Å². The maximum atomic E-state index is 12.0. The topological polar surface area (TPSA) is 65.5 Å². The van der Waals surface area contributed by atoms with E-state index in [2.05, 4.69) is 5.16 Å². The Balaban J connectivity index is 1.70. The lowest BCUT2D eigenvalue weighted by Crippen LogP contribution is -2.07. The molecule has 0 spiro atoms. The van der Waals surface area contributed by atoms with Crippen LogP contribution in [0.2, 0.25) is 0 Å². The van der Waals surface area contributed by atoms with Crippen molar-refractivity contribution in [1.29, 1.82) is 0 Å². The molecule has 2 heterocycles. The molecule has 0 N–H and O–H groups in total. The number of hydrogen-bond donors (Lipinski definition) is 0. The number of aryl methyl sites for hydroxylation is 3. The molecule has 0 radical (unpaired) electrons. The summed E-state index contributed by atoms with van der Waals surface area (Å²) in [4.78, 5) is 12.0. The number of nitrogens with zero attached hydrogens (tertiary/aromatic N) is 1. The number of ether oxygens (including phenoxy) is 1. The van der Waals surface area contributed by atoms with E-state index in [1.54, 1.807) is 19.3 Å². The van der Waals surface area contributed by atoms with Crippen LogP contribution < -0.4 is 0 Å². The van der Waals surface area contributed by atoms with Crippen LogP contribution >= 0.6 is 0 Å². The molecular weight excluding hydrogens is 282 g/mol. The first-order valence-corrected chi connectivity index (χ1v) is 7.08. The standard InChI is InChI=1S/C17H17NO4/c1-10-4-15-13(8-20-16(15)5-11(10)2)7-17(19)21-9-14-6-12(3)22-18-14/h4-6,8H,7,9H2,1-3H3. The summed E-state index contributed by atoms with van der Waals surface area (Å²) in [5.74, 6) is 0.374. The van der Waals surface area contributed by atoms with Crippen LogP contribution in [-0.4, -0.2) is 11.1 Å². The first-order chi connectivity index (χ1) is 10.5. The van der Waals surface area contributed by atoms with Crippen LogP contribution in [0.15, 0.2) is 33.4 Å². The summed E-state index contributed by atoms with van der Waals surface area (Å²) in [5, 5.41) is 4.74. The number of carbonyl (C=O) groups is 1. The predicted molar refractivity (Wildman–Crippen MR) is 80.4 cm³/mol. The van der Waals surface area contributed by atoms with Crippen molar-refractivity contribution in [2.45, 2.75) is 33.8 Å². The zero-order valence-electron chi connectivity index (χ0n) is 12.8. The molecule has 5 nitrogen and oxygen atoms in total. The molecule has 0 saturated heterocycles. The molecule has 3 rings (SSSR count). The minimum absolute atomic E-state index is 0.115. The fraction of sp³-hybridized carbons (Fsp3) is 0.294. The summed E-state index contributed by atoms with van der Waals surface area (Å²) in [6, 6.07) is 5.77. The van der Waals surface area contributed by atoms with Crippen molar-refractivity contribution >= 4 is 16.9 Å². The molecule has 22 heavy (non-hydrogen) atoms. The average molecular weight is 299 g/mol. The minimum atomic E-state index is -0.318. The van der Waals surface area contributed by atoms with E-state index in [1.807, 2.05) is 26.0 Å². The molecule has 0 unspecified atom stereocenters. The van der Waals surface area contributed by atoms with Crippen molar-refractivity contribution in [3.05, 3.63) is 52.6 Å². The van der Waals surface area contributed by atoms with Gasteiger partial charge in [0, 0.05) is 17.0 Å². The number of rotatable bonds is 4. The lowest BCUT2D eigenvalue weighted by atomic mass is 10.0. The number of fused-ring (bicyclic) bond motifs is 1. The Bertz CT molecular complexity index is 828. The van der Waals surface area contributed by atoms with Gasteiger partial charge < -0.3 is 13.7 Å². The zero-order chi connectivity index (χ0) is 15.7. The first kappa shape index (κ1) is 14.4. The zero-order valence-corrected chi connectivity index (χ0v) is 12.8. The van der Waals surface area contributed by atoms with Gasteiger partial charge in [-0.3, -0.25) is 4.79 Å². The summed E-state index contributed by atoms with van der Waals surface area (Å²) in [6.07, 6.45) is 1.79. The van der Waals surface area contributed by atoms with Gasteiger partial charge in [-0.2, -0.15) is 0 Å². The van der Waals surface area contributed by atoms with Gasteiger partial charge in [0.1, 0.15) is 23.6 Å². The van der Waals surface area contributed by atoms with Crippen molar-refractivity contribution in [3.63, 3.8) is 0 Å². The van der Waals surface area contributed by atoms with E-state index < -0.39 is 0 Å². The van der Waals surface area contributed by atoms with Crippen molar-refractivity contribution in [2.75, 3.05) is 0 Å². The molecule has 0 bridgehead atoms.